The molecule has 7 aromatic rings. The van der Waals surface area contributed by atoms with Crippen LogP contribution in [-0.2, 0) is 0 Å². The first-order valence-electron chi connectivity index (χ1n) is 9.59. The molecule has 4 aromatic carbocycles. The number of nitrogens with zero attached hydrogens (tertiary/aromatic N) is 1. The summed E-state index contributed by atoms with van der Waals surface area (Å²) in [7, 11) is 0. The fraction of sp³-hybridized carbons (Fsp3) is 0. The van der Waals surface area contributed by atoms with Gasteiger partial charge in [0.1, 0.15) is 5.52 Å². The zero-order valence-corrected chi connectivity index (χ0v) is 17.9. The number of rotatable bonds is 1. The van der Waals surface area contributed by atoms with Crippen molar-refractivity contribution in [1.82, 2.24) is 4.98 Å². The lowest BCUT2D eigenvalue weighted by Gasteiger charge is -1.99. The third-order valence-electron chi connectivity index (χ3n) is 5.59. The number of thiophene rings is 2. The molecule has 7 rings (SSSR count). The van der Waals surface area contributed by atoms with Gasteiger partial charge in [0, 0.05) is 47.3 Å². The van der Waals surface area contributed by atoms with Crippen LogP contribution in [0.3, 0.4) is 0 Å². The Balaban J connectivity index is 1.61. The number of hydrogen-bond donors (Lipinski definition) is 0. The summed E-state index contributed by atoms with van der Waals surface area (Å²) >= 11 is 10.1. The van der Waals surface area contributed by atoms with Gasteiger partial charge in [0.25, 0.3) is 0 Å². The zero-order chi connectivity index (χ0) is 19.8. The maximum Gasteiger partial charge on any atom is 0.228 e. The monoisotopic (exact) mass is 441 g/mol. The zero-order valence-electron chi connectivity index (χ0n) is 15.5. The van der Waals surface area contributed by atoms with Crippen LogP contribution >= 0.6 is 34.3 Å². The molecule has 0 amide bonds. The first-order chi connectivity index (χ1) is 14.8. The summed E-state index contributed by atoms with van der Waals surface area (Å²) in [5.41, 5.74) is 2.62. The summed E-state index contributed by atoms with van der Waals surface area (Å²) in [5, 5.41) is 5.39. The molecule has 0 saturated heterocycles. The normalized spacial score (nSPS) is 12.2. The van der Waals surface area contributed by atoms with Crippen molar-refractivity contribution >= 4 is 85.7 Å². The molecule has 5 heteroatoms. The Morgan fingerprint density at radius 3 is 2.27 bits per heavy atom. The quantitative estimate of drug-likeness (QED) is 0.254. The maximum absolute atomic E-state index is 6.64. The predicted molar refractivity (Wildman–Crippen MR) is 130 cm³/mol. The Morgan fingerprint density at radius 2 is 1.43 bits per heavy atom. The fourth-order valence-corrected chi connectivity index (χ4v) is 6.86. The predicted octanol–water partition coefficient (Wildman–Crippen LogP) is 8.88. The number of aromatic nitrogens is 1. The van der Waals surface area contributed by atoms with Crippen LogP contribution in [-0.4, -0.2) is 4.98 Å². The molecule has 0 radical (unpaired) electrons. The fourth-order valence-electron chi connectivity index (χ4n) is 4.31. The summed E-state index contributed by atoms with van der Waals surface area (Å²) in [4.78, 5) is 5.00. The van der Waals surface area contributed by atoms with Crippen molar-refractivity contribution in [3.05, 3.63) is 77.8 Å². The van der Waals surface area contributed by atoms with Crippen molar-refractivity contribution in [2.45, 2.75) is 0 Å². The van der Waals surface area contributed by atoms with E-state index in [-0.39, 0.29) is 0 Å². The molecule has 0 aliphatic heterocycles. The Bertz CT molecular complexity index is 1770. The number of oxazole rings is 1. The smallest absolute Gasteiger partial charge is 0.228 e. The highest BCUT2D eigenvalue weighted by molar-refractivity contribution is 7.26. The molecule has 0 aliphatic carbocycles. The summed E-state index contributed by atoms with van der Waals surface area (Å²) in [6, 6.07) is 25.1. The van der Waals surface area contributed by atoms with Gasteiger partial charge < -0.3 is 4.42 Å². The second-order valence-electron chi connectivity index (χ2n) is 7.30. The first-order valence-corrected chi connectivity index (χ1v) is 11.6. The summed E-state index contributed by atoms with van der Waals surface area (Å²) in [6.07, 6.45) is 0. The molecule has 0 spiro atoms. The molecule has 0 atom stereocenters. The van der Waals surface area contributed by atoms with Crippen LogP contribution in [0.15, 0.2) is 77.2 Å². The van der Waals surface area contributed by atoms with Gasteiger partial charge in [0.2, 0.25) is 5.89 Å². The Kier molecular flexibility index (Phi) is 3.39. The van der Waals surface area contributed by atoms with Crippen LogP contribution in [0, 0.1) is 0 Å². The number of fused-ring (bicyclic) bond motifs is 8. The van der Waals surface area contributed by atoms with E-state index >= 15 is 0 Å². The minimum atomic E-state index is 0.637. The molecule has 0 N–H and O–H groups in total. The number of halogens is 1. The lowest BCUT2D eigenvalue weighted by Crippen LogP contribution is -1.79. The lowest BCUT2D eigenvalue weighted by molar-refractivity contribution is 0.621. The van der Waals surface area contributed by atoms with Gasteiger partial charge in [-0.05, 0) is 24.3 Å². The summed E-state index contributed by atoms with van der Waals surface area (Å²) in [6.45, 7) is 0. The van der Waals surface area contributed by atoms with Crippen LogP contribution in [0.25, 0.3) is 62.9 Å². The van der Waals surface area contributed by atoms with Crippen LogP contribution in [0.4, 0.5) is 0 Å². The average molecular weight is 442 g/mol. The van der Waals surface area contributed by atoms with Gasteiger partial charge in [-0.25, -0.2) is 4.98 Å². The molecular formula is C25H12ClNOS2. The van der Waals surface area contributed by atoms with E-state index in [0.29, 0.717) is 10.9 Å². The van der Waals surface area contributed by atoms with E-state index < -0.39 is 0 Å². The number of benzene rings is 4. The largest absolute Gasteiger partial charge is 0.436 e. The molecule has 142 valence electrons. The highest BCUT2D eigenvalue weighted by atomic mass is 35.5. The lowest BCUT2D eigenvalue weighted by atomic mass is 10.1. The second kappa shape index (κ2) is 6.05. The van der Waals surface area contributed by atoms with Crippen molar-refractivity contribution in [3.63, 3.8) is 0 Å². The third-order valence-corrected chi connectivity index (χ3v) is 8.34. The van der Waals surface area contributed by atoms with Gasteiger partial charge in [-0.3, -0.25) is 0 Å². The second-order valence-corrected chi connectivity index (χ2v) is 9.85. The van der Waals surface area contributed by atoms with Gasteiger partial charge in [0.15, 0.2) is 5.58 Å². The van der Waals surface area contributed by atoms with E-state index in [1.54, 1.807) is 22.7 Å². The summed E-state index contributed by atoms with van der Waals surface area (Å²) in [5.74, 6) is 0.637. The van der Waals surface area contributed by atoms with Crippen LogP contribution in [0.1, 0.15) is 0 Å². The van der Waals surface area contributed by atoms with Crippen molar-refractivity contribution in [2.24, 2.45) is 0 Å². The minimum absolute atomic E-state index is 0.637. The SMILES string of the molecule is Clc1cc2oc(-c3cccc4sc5ccccc5c34)nc2c2c1sc1ccccc12. The van der Waals surface area contributed by atoms with Gasteiger partial charge in [-0.2, -0.15) is 0 Å². The first kappa shape index (κ1) is 16.8. The molecule has 0 saturated carbocycles. The molecule has 30 heavy (non-hydrogen) atoms. The summed E-state index contributed by atoms with van der Waals surface area (Å²) < 4.78 is 11.1. The van der Waals surface area contributed by atoms with Crippen molar-refractivity contribution < 1.29 is 4.42 Å². The Hall–Kier alpha value is -2.92. The molecule has 0 bridgehead atoms. The standard InChI is InChI=1S/C25H12ClNOS2/c26-16-12-17-23(22-14-7-2-4-10-19(14)30-24(16)22)27-25(28-17)15-8-5-11-20-21(15)13-6-1-3-9-18(13)29-20/h1-12H. The van der Waals surface area contributed by atoms with E-state index in [1.165, 1.54) is 30.3 Å². The van der Waals surface area contributed by atoms with E-state index in [2.05, 4.69) is 66.7 Å². The number of hydrogen-bond acceptors (Lipinski definition) is 4. The van der Waals surface area contributed by atoms with Gasteiger partial charge in [0.05, 0.1) is 9.72 Å². The van der Waals surface area contributed by atoms with Crippen LogP contribution in [0.5, 0.6) is 0 Å². The Labute approximate surface area is 183 Å². The molecule has 0 fully saturated rings. The average Bonchev–Trinajstić information content (AvgIpc) is 3.46. The highest BCUT2D eigenvalue weighted by Gasteiger charge is 2.19. The van der Waals surface area contributed by atoms with Crippen LogP contribution < -0.4 is 0 Å². The minimum Gasteiger partial charge on any atom is -0.436 e. The molecule has 2 nitrogen and oxygen atoms in total. The van der Waals surface area contributed by atoms with Gasteiger partial charge in [-0.15, -0.1) is 22.7 Å². The molecular weight excluding hydrogens is 430 g/mol. The maximum atomic E-state index is 6.64. The molecule has 3 heterocycles. The van der Waals surface area contributed by atoms with E-state index in [4.69, 9.17) is 21.0 Å². The van der Waals surface area contributed by atoms with Gasteiger partial charge >= 0.3 is 0 Å². The molecule has 0 aliphatic rings. The van der Waals surface area contributed by atoms with Crippen molar-refractivity contribution in [1.29, 1.82) is 0 Å². The van der Waals surface area contributed by atoms with Crippen molar-refractivity contribution in [2.75, 3.05) is 0 Å². The van der Waals surface area contributed by atoms with Crippen molar-refractivity contribution in [3.8, 4) is 11.5 Å². The van der Waals surface area contributed by atoms with E-state index in [0.717, 1.165) is 26.7 Å². The third kappa shape index (κ3) is 2.21. The topological polar surface area (TPSA) is 26.0 Å². The Morgan fingerprint density at radius 1 is 0.733 bits per heavy atom. The van der Waals surface area contributed by atoms with Crippen LogP contribution in [0.2, 0.25) is 5.02 Å². The van der Waals surface area contributed by atoms with E-state index in [9.17, 15) is 0 Å². The highest BCUT2D eigenvalue weighted by Crippen LogP contribution is 2.45. The molecule has 3 aromatic heterocycles. The van der Waals surface area contributed by atoms with E-state index in [1.807, 2.05) is 6.07 Å². The van der Waals surface area contributed by atoms with Gasteiger partial charge in [-0.1, -0.05) is 54.1 Å². The molecule has 0 unspecified atom stereocenters.